The molecular formula is C24H30FN5O5S. The van der Waals surface area contributed by atoms with Gasteiger partial charge in [-0.05, 0) is 41.9 Å². The first-order chi connectivity index (χ1) is 17.2. The molecule has 1 aromatic carbocycles. The Balaban J connectivity index is 1.55. The van der Waals surface area contributed by atoms with Gasteiger partial charge in [-0.1, -0.05) is 18.2 Å². The number of carbonyl (C=O) groups is 4. The molecule has 12 heteroatoms. The Labute approximate surface area is 213 Å². The lowest BCUT2D eigenvalue weighted by atomic mass is 10.0. The average molecular weight is 520 g/mol. The molecule has 0 spiro atoms. The zero-order chi connectivity index (χ0) is 25.8. The SMILES string of the molecule is CN1CC(=O)N2[C@@H](CCC(=O)O)C(=O)N(CCC3=CCCS3)C[C@@H]2N1C(=O)NCc1ccc(F)cc1. The number of fused-ring (bicyclic) bond motifs is 1. The van der Waals surface area contributed by atoms with Crippen LogP contribution in [-0.2, 0) is 20.9 Å². The number of nitrogens with one attached hydrogen (secondary N) is 1. The van der Waals surface area contributed by atoms with Crippen LogP contribution >= 0.6 is 11.8 Å². The van der Waals surface area contributed by atoms with E-state index < -0.39 is 24.2 Å². The predicted molar refractivity (Wildman–Crippen MR) is 131 cm³/mol. The largest absolute Gasteiger partial charge is 0.481 e. The molecule has 2 atom stereocenters. The maximum Gasteiger partial charge on any atom is 0.334 e. The molecule has 36 heavy (non-hydrogen) atoms. The van der Waals surface area contributed by atoms with E-state index in [2.05, 4.69) is 11.4 Å². The number of thioether (sulfide) groups is 1. The summed E-state index contributed by atoms with van der Waals surface area (Å²) in [4.78, 5) is 55.2. The van der Waals surface area contributed by atoms with Crippen LogP contribution in [-0.4, -0.2) is 93.4 Å². The highest BCUT2D eigenvalue weighted by molar-refractivity contribution is 8.03. The van der Waals surface area contributed by atoms with Crippen LogP contribution in [0.1, 0.15) is 31.2 Å². The molecule has 2 N–H and O–H groups in total. The molecule has 3 heterocycles. The van der Waals surface area contributed by atoms with Gasteiger partial charge in [-0.25, -0.2) is 19.2 Å². The van der Waals surface area contributed by atoms with Gasteiger partial charge in [0.25, 0.3) is 0 Å². The fourth-order valence-corrected chi connectivity index (χ4v) is 5.76. The number of carbonyl (C=O) groups excluding carboxylic acids is 3. The molecule has 0 bridgehead atoms. The standard InChI is InChI=1S/C24H30FN5O5S/c1-27-15-21(31)29-19(8-9-22(32)33)23(34)28(11-10-18-3-2-12-36-18)14-20(29)30(27)24(35)26-13-16-4-6-17(25)7-5-16/h3-7,19-20H,2,8-15H2,1H3,(H,26,35)(H,32,33)/t19-,20-/m0/s1. The molecule has 0 aliphatic carbocycles. The van der Waals surface area contributed by atoms with Crippen LogP contribution in [0.15, 0.2) is 35.2 Å². The van der Waals surface area contributed by atoms with Crippen LogP contribution in [0.3, 0.4) is 0 Å². The Morgan fingerprint density at radius 3 is 2.64 bits per heavy atom. The number of rotatable bonds is 8. The van der Waals surface area contributed by atoms with Crippen molar-refractivity contribution in [2.75, 3.05) is 32.4 Å². The number of halogens is 1. The molecule has 0 radical (unpaired) electrons. The van der Waals surface area contributed by atoms with Crippen LogP contribution < -0.4 is 5.32 Å². The minimum atomic E-state index is -1.06. The van der Waals surface area contributed by atoms with Crippen LogP contribution in [0.4, 0.5) is 9.18 Å². The molecule has 0 saturated carbocycles. The van der Waals surface area contributed by atoms with Gasteiger partial charge in [-0.15, -0.1) is 11.8 Å². The van der Waals surface area contributed by atoms with E-state index in [1.807, 2.05) is 0 Å². The highest BCUT2D eigenvalue weighted by Crippen LogP contribution is 2.31. The molecule has 0 unspecified atom stereocenters. The molecule has 194 valence electrons. The summed E-state index contributed by atoms with van der Waals surface area (Å²) in [6.45, 7) is 0.580. The van der Waals surface area contributed by atoms with Gasteiger partial charge in [0.15, 0.2) is 0 Å². The zero-order valence-electron chi connectivity index (χ0n) is 20.1. The highest BCUT2D eigenvalue weighted by atomic mass is 32.2. The third-order valence-electron chi connectivity index (χ3n) is 6.54. The van der Waals surface area contributed by atoms with E-state index in [4.69, 9.17) is 0 Å². The summed E-state index contributed by atoms with van der Waals surface area (Å²) in [6.07, 6.45) is 2.75. The molecule has 4 amide bonds. The summed E-state index contributed by atoms with van der Waals surface area (Å²) in [5, 5.41) is 15.0. The number of hydrogen-bond donors (Lipinski definition) is 2. The van der Waals surface area contributed by atoms with E-state index in [9.17, 15) is 28.7 Å². The topological polar surface area (TPSA) is 114 Å². The number of urea groups is 1. The van der Waals surface area contributed by atoms with Crippen molar-refractivity contribution in [1.82, 2.24) is 25.1 Å². The third kappa shape index (κ3) is 5.81. The van der Waals surface area contributed by atoms with Gasteiger partial charge in [0.1, 0.15) is 18.0 Å². The number of piperazine rings is 1. The first-order valence-corrected chi connectivity index (χ1v) is 12.9. The van der Waals surface area contributed by atoms with Crippen molar-refractivity contribution in [2.45, 2.75) is 44.4 Å². The minimum Gasteiger partial charge on any atom is -0.481 e. The van der Waals surface area contributed by atoms with Crippen molar-refractivity contribution >= 4 is 35.6 Å². The predicted octanol–water partition coefficient (Wildman–Crippen LogP) is 1.84. The summed E-state index contributed by atoms with van der Waals surface area (Å²) >= 11 is 1.76. The van der Waals surface area contributed by atoms with Gasteiger partial charge < -0.3 is 20.2 Å². The van der Waals surface area contributed by atoms with Crippen molar-refractivity contribution < 1.29 is 28.7 Å². The van der Waals surface area contributed by atoms with E-state index in [0.29, 0.717) is 18.5 Å². The van der Waals surface area contributed by atoms with Gasteiger partial charge in [0, 0.05) is 32.3 Å². The van der Waals surface area contributed by atoms with Gasteiger partial charge in [-0.2, -0.15) is 0 Å². The molecule has 2 saturated heterocycles. The van der Waals surface area contributed by atoms with Crippen LogP contribution in [0, 0.1) is 5.82 Å². The second kappa shape index (κ2) is 11.3. The molecule has 4 rings (SSSR count). The second-order valence-electron chi connectivity index (χ2n) is 9.02. The molecule has 3 aliphatic heterocycles. The van der Waals surface area contributed by atoms with Gasteiger partial charge >= 0.3 is 12.0 Å². The van der Waals surface area contributed by atoms with Crippen molar-refractivity contribution in [3.05, 3.63) is 46.6 Å². The van der Waals surface area contributed by atoms with Crippen LogP contribution in [0.5, 0.6) is 0 Å². The lowest BCUT2D eigenvalue weighted by molar-refractivity contribution is -0.187. The van der Waals surface area contributed by atoms with Gasteiger partial charge in [0.2, 0.25) is 11.8 Å². The Morgan fingerprint density at radius 1 is 1.22 bits per heavy atom. The van der Waals surface area contributed by atoms with E-state index in [1.165, 1.54) is 32.0 Å². The van der Waals surface area contributed by atoms with E-state index in [-0.39, 0.29) is 50.1 Å². The minimum absolute atomic E-state index is 0.0287. The molecule has 0 aromatic heterocycles. The van der Waals surface area contributed by atoms with E-state index >= 15 is 0 Å². The number of amides is 4. The summed E-state index contributed by atoms with van der Waals surface area (Å²) in [6, 6.07) is 4.34. The quantitative estimate of drug-likeness (QED) is 0.539. The Morgan fingerprint density at radius 2 is 1.97 bits per heavy atom. The number of hydrazine groups is 1. The summed E-state index contributed by atoms with van der Waals surface area (Å²) in [5.74, 6) is -1.04. The molecule has 3 aliphatic rings. The summed E-state index contributed by atoms with van der Waals surface area (Å²) in [7, 11) is 1.62. The summed E-state index contributed by atoms with van der Waals surface area (Å²) in [5.41, 5.74) is 0.708. The Hall–Kier alpha value is -3.12. The monoisotopic (exact) mass is 519 g/mol. The van der Waals surface area contributed by atoms with Crippen molar-refractivity contribution in [2.24, 2.45) is 0 Å². The maximum absolute atomic E-state index is 13.4. The number of aliphatic carboxylic acids is 1. The number of carboxylic acid groups (broad SMARTS) is 1. The zero-order valence-corrected chi connectivity index (χ0v) is 20.9. The van der Waals surface area contributed by atoms with Crippen molar-refractivity contribution in [1.29, 1.82) is 0 Å². The molecule has 10 nitrogen and oxygen atoms in total. The average Bonchev–Trinajstić information content (AvgIpc) is 3.35. The number of allylic oxidation sites excluding steroid dienone is 1. The second-order valence-corrected chi connectivity index (χ2v) is 10.2. The third-order valence-corrected chi connectivity index (χ3v) is 7.72. The molecular weight excluding hydrogens is 489 g/mol. The first kappa shape index (κ1) is 26.0. The lowest BCUT2D eigenvalue weighted by Crippen LogP contribution is -2.76. The normalized spacial score (nSPS) is 22.5. The highest BCUT2D eigenvalue weighted by Gasteiger charge is 2.50. The maximum atomic E-state index is 13.4. The fraction of sp³-hybridized carbons (Fsp3) is 0.500. The Kier molecular flexibility index (Phi) is 8.14. The van der Waals surface area contributed by atoms with Crippen LogP contribution in [0.25, 0.3) is 0 Å². The first-order valence-electron chi connectivity index (χ1n) is 11.9. The molecule has 2 fully saturated rings. The van der Waals surface area contributed by atoms with E-state index in [1.54, 1.807) is 35.8 Å². The Bertz CT molecular complexity index is 1050. The number of benzene rings is 1. The lowest BCUT2D eigenvalue weighted by Gasteiger charge is -2.54. The number of hydrogen-bond acceptors (Lipinski definition) is 6. The molecule has 1 aromatic rings. The fourth-order valence-electron chi connectivity index (χ4n) is 4.79. The smallest absolute Gasteiger partial charge is 0.334 e. The number of likely N-dealkylation sites (N-methyl/N-ethyl adjacent to an activating group) is 1. The van der Waals surface area contributed by atoms with E-state index in [0.717, 1.165) is 12.2 Å². The van der Waals surface area contributed by atoms with Gasteiger partial charge in [0.05, 0.1) is 13.1 Å². The van der Waals surface area contributed by atoms with Crippen molar-refractivity contribution in [3.8, 4) is 0 Å². The summed E-state index contributed by atoms with van der Waals surface area (Å²) < 4.78 is 13.2. The van der Waals surface area contributed by atoms with Gasteiger partial charge in [-0.3, -0.25) is 14.4 Å². The number of nitrogens with zero attached hydrogens (tertiary/aromatic N) is 4. The number of carboxylic acids is 1. The van der Waals surface area contributed by atoms with Crippen LogP contribution in [0.2, 0.25) is 0 Å². The van der Waals surface area contributed by atoms with Crippen molar-refractivity contribution in [3.63, 3.8) is 0 Å².